The zero-order valence-electron chi connectivity index (χ0n) is 13.6. The Hall–Kier alpha value is -1.81. The van der Waals surface area contributed by atoms with Crippen molar-refractivity contribution >= 4 is 11.6 Å². The molecule has 22 heavy (non-hydrogen) atoms. The summed E-state index contributed by atoms with van der Waals surface area (Å²) in [6.07, 6.45) is 4.48. The second kappa shape index (κ2) is 7.99. The summed E-state index contributed by atoms with van der Waals surface area (Å²) in [4.78, 5) is 14.6. The second-order valence-electron chi connectivity index (χ2n) is 6.03. The van der Waals surface area contributed by atoms with Gasteiger partial charge in [0.25, 0.3) is 5.91 Å². The van der Waals surface area contributed by atoms with Crippen LogP contribution >= 0.6 is 0 Å². The summed E-state index contributed by atoms with van der Waals surface area (Å²) in [5.74, 6) is 0.508. The number of amides is 1. The molecule has 1 atom stereocenters. The Morgan fingerprint density at radius 2 is 2.32 bits per heavy atom. The minimum Gasteiger partial charge on any atom is -0.399 e. The molecule has 0 radical (unpaired) electrons. The molecule has 0 unspecified atom stereocenters. The number of anilines is 1. The van der Waals surface area contributed by atoms with Gasteiger partial charge in [0.2, 0.25) is 0 Å². The molecule has 0 aromatic heterocycles. The van der Waals surface area contributed by atoms with Gasteiger partial charge in [0.1, 0.15) is 0 Å². The maximum atomic E-state index is 12.1. The van der Waals surface area contributed by atoms with Crippen LogP contribution in [0.4, 0.5) is 5.69 Å². The van der Waals surface area contributed by atoms with E-state index >= 15 is 0 Å². The molecule has 1 fully saturated rings. The van der Waals surface area contributed by atoms with Gasteiger partial charge in [-0.15, -0.1) is 0 Å². The van der Waals surface area contributed by atoms with Crippen LogP contribution in [0, 0.1) is 5.92 Å². The van der Waals surface area contributed by atoms with Crippen LogP contribution in [-0.2, 0) is 0 Å². The molecule has 4 heteroatoms. The standard InChI is InChI=1S/C18H27N3O/c1-3-14(4-2)12-21-9-8-15(13-21)11-20-18(22)16-6-5-7-17(19)10-16/h3,5-7,10,15H,4,8-9,11-13,19H2,1-2H3,(H,20,22)/b14-3+/t15-/m1/s1. The summed E-state index contributed by atoms with van der Waals surface area (Å²) in [5, 5.41) is 3.03. The fourth-order valence-electron chi connectivity index (χ4n) is 2.94. The van der Waals surface area contributed by atoms with Gasteiger partial charge in [-0.3, -0.25) is 9.69 Å². The predicted octanol–water partition coefficient (Wildman–Crippen LogP) is 2.68. The minimum atomic E-state index is -0.0338. The molecule has 1 aliphatic heterocycles. The van der Waals surface area contributed by atoms with Crippen molar-refractivity contribution in [1.29, 1.82) is 0 Å². The lowest BCUT2D eigenvalue weighted by atomic mass is 10.1. The zero-order valence-corrected chi connectivity index (χ0v) is 13.6. The average Bonchev–Trinajstić information content (AvgIpc) is 2.97. The molecular formula is C18H27N3O. The molecule has 1 aromatic rings. The Kier molecular flexibility index (Phi) is 6.01. The monoisotopic (exact) mass is 301 g/mol. The Balaban J connectivity index is 1.77. The minimum absolute atomic E-state index is 0.0338. The normalized spacial score (nSPS) is 19.4. The van der Waals surface area contributed by atoms with E-state index in [-0.39, 0.29) is 5.91 Å². The fraction of sp³-hybridized carbons (Fsp3) is 0.500. The number of allylic oxidation sites excluding steroid dienone is 1. The van der Waals surface area contributed by atoms with Crippen LogP contribution in [0.1, 0.15) is 37.0 Å². The lowest BCUT2D eigenvalue weighted by Crippen LogP contribution is -2.31. The molecule has 3 N–H and O–H groups in total. The number of benzene rings is 1. The van der Waals surface area contributed by atoms with Crippen molar-refractivity contribution in [3.05, 3.63) is 41.5 Å². The topological polar surface area (TPSA) is 58.4 Å². The number of rotatable bonds is 6. The number of nitrogens with zero attached hydrogens (tertiary/aromatic N) is 1. The van der Waals surface area contributed by atoms with Crippen LogP contribution in [0.5, 0.6) is 0 Å². The Bertz CT molecular complexity index is 539. The van der Waals surface area contributed by atoms with Crippen molar-refractivity contribution in [3.63, 3.8) is 0 Å². The highest BCUT2D eigenvalue weighted by molar-refractivity contribution is 5.94. The number of hydrogen-bond donors (Lipinski definition) is 2. The van der Waals surface area contributed by atoms with E-state index < -0.39 is 0 Å². The summed E-state index contributed by atoms with van der Waals surface area (Å²) in [5.41, 5.74) is 8.46. The van der Waals surface area contributed by atoms with Crippen LogP contribution in [0.3, 0.4) is 0 Å². The van der Waals surface area contributed by atoms with Gasteiger partial charge in [-0.1, -0.05) is 24.6 Å². The smallest absolute Gasteiger partial charge is 0.251 e. The number of likely N-dealkylation sites (tertiary alicyclic amines) is 1. The van der Waals surface area contributed by atoms with Crippen LogP contribution < -0.4 is 11.1 Å². The van der Waals surface area contributed by atoms with Gasteiger partial charge in [0.15, 0.2) is 0 Å². The SMILES string of the molecule is C/C=C(\CC)CN1CC[C@H](CNC(=O)c2cccc(N)c2)C1. The molecule has 120 valence electrons. The van der Waals surface area contributed by atoms with Gasteiger partial charge in [-0.05, 0) is 50.4 Å². The first-order chi connectivity index (χ1) is 10.6. The summed E-state index contributed by atoms with van der Waals surface area (Å²) in [6.45, 7) is 8.30. The molecule has 0 saturated carbocycles. The number of nitrogens with two attached hydrogens (primary N) is 1. The van der Waals surface area contributed by atoms with Crippen LogP contribution in [0.25, 0.3) is 0 Å². The van der Waals surface area contributed by atoms with Crippen molar-refractivity contribution < 1.29 is 4.79 Å². The van der Waals surface area contributed by atoms with Crippen LogP contribution in [-0.4, -0.2) is 37.0 Å². The van der Waals surface area contributed by atoms with E-state index in [0.29, 0.717) is 17.2 Å². The van der Waals surface area contributed by atoms with E-state index in [1.54, 1.807) is 18.2 Å². The van der Waals surface area contributed by atoms with Gasteiger partial charge in [-0.2, -0.15) is 0 Å². The lowest BCUT2D eigenvalue weighted by molar-refractivity contribution is 0.0947. The Morgan fingerprint density at radius 1 is 1.50 bits per heavy atom. The average molecular weight is 301 g/mol. The third-order valence-electron chi connectivity index (χ3n) is 4.36. The molecule has 1 saturated heterocycles. The number of carbonyl (C=O) groups is 1. The summed E-state index contributed by atoms with van der Waals surface area (Å²) in [6, 6.07) is 7.12. The molecule has 2 rings (SSSR count). The van der Waals surface area contributed by atoms with Gasteiger partial charge < -0.3 is 11.1 Å². The maximum Gasteiger partial charge on any atom is 0.251 e. The number of hydrogen-bond acceptors (Lipinski definition) is 3. The molecule has 0 bridgehead atoms. The van der Waals surface area contributed by atoms with Gasteiger partial charge >= 0.3 is 0 Å². The molecule has 0 spiro atoms. The van der Waals surface area contributed by atoms with Crippen molar-refractivity contribution in [2.75, 3.05) is 31.9 Å². The van der Waals surface area contributed by atoms with Crippen molar-refractivity contribution in [3.8, 4) is 0 Å². The molecule has 1 aromatic carbocycles. The molecule has 4 nitrogen and oxygen atoms in total. The number of nitrogens with one attached hydrogen (secondary N) is 1. The van der Waals surface area contributed by atoms with E-state index in [1.165, 1.54) is 5.57 Å². The third-order valence-corrected chi connectivity index (χ3v) is 4.36. The first-order valence-electron chi connectivity index (χ1n) is 8.12. The Morgan fingerprint density at radius 3 is 3.00 bits per heavy atom. The summed E-state index contributed by atoms with van der Waals surface area (Å²) in [7, 11) is 0. The number of carbonyl (C=O) groups excluding carboxylic acids is 1. The third kappa shape index (κ3) is 4.60. The van der Waals surface area contributed by atoms with E-state index in [9.17, 15) is 4.79 Å². The van der Waals surface area contributed by atoms with E-state index in [2.05, 4.69) is 30.1 Å². The van der Waals surface area contributed by atoms with E-state index in [4.69, 9.17) is 5.73 Å². The van der Waals surface area contributed by atoms with Gasteiger partial charge in [0, 0.05) is 30.9 Å². The zero-order chi connectivity index (χ0) is 15.9. The molecule has 1 amide bonds. The number of nitrogen functional groups attached to an aromatic ring is 1. The second-order valence-corrected chi connectivity index (χ2v) is 6.03. The van der Waals surface area contributed by atoms with Crippen LogP contribution in [0.2, 0.25) is 0 Å². The highest BCUT2D eigenvalue weighted by atomic mass is 16.1. The fourth-order valence-corrected chi connectivity index (χ4v) is 2.94. The molecule has 1 heterocycles. The highest BCUT2D eigenvalue weighted by Gasteiger charge is 2.23. The predicted molar refractivity (Wildman–Crippen MR) is 91.8 cm³/mol. The van der Waals surface area contributed by atoms with Gasteiger partial charge in [-0.25, -0.2) is 0 Å². The van der Waals surface area contributed by atoms with E-state index in [0.717, 1.165) is 39.0 Å². The first-order valence-corrected chi connectivity index (χ1v) is 8.12. The lowest BCUT2D eigenvalue weighted by Gasteiger charge is -2.17. The Labute approximate surface area is 133 Å². The van der Waals surface area contributed by atoms with Crippen molar-refractivity contribution in [1.82, 2.24) is 10.2 Å². The quantitative estimate of drug-likeness (QED) is 0.627. The summed E-state index contributed by atoms with van der Waals surface area (Å²) >= 11 is 0. The largest absolute Gasteiger partial charge is 0.399 e. The van der Waals surface area contributed by atoms with E-state index in [1.807, 2.05) is 6.07 Å². The van der Waals surface area contributed by atoms with Crippen molar-refractivity contribution in [2.24, 2.45) is 5.92 Å². The highest BCUT2D eigenvalue weighted by Crippen LogP contribution is 2.18. The molecular weight excluding hydrogens is 274 g/mol. The van der Waals surface area contributed by atoms with Crippen LogP contribution in [0.15, 0.2) is 35.9 Å². The molecule has 1 aliphatic rings. The maximum absolute atomic E-state index is 12.1. The molecule has 0 aliphatic carbocycles. The first kappa shape index (κ1) is 16.6. The van der Waals surface area contributed by atoms with Gasteiger partial charge in [0.05, 0.1) is 0 Å². The van der Waals surface area contributed by atoms with Crippen molar-refractivity contribution in [2.45, 2.75) is 26.7 Å². The summed E-state index contributed by atoms with van der Waals surface area (Å²) < 4.78 is 0.